The summed E-state index contributed by atoms with van der Waals surface area (Å²) in [6, 6.07) is 16.3. The summed E-state index contributed by atoms with van der Waals surface area (Å²) in [5.74, 6) is 1.85. The van der Waals surface area contributed by atoms with Crippen molar-refractivity contribution < 1.29 is 14.8 Å². The maximum absolute atomic E-state index is 5.34. The highest BCUT2D eigenvalue weighted by atomic mass is 16.5. The lowest BCUT2D eigenvalue weighted by Gasteiger charge is -2.07. The SMILES string of the molecule is COc1ccc(C[NH2+]Cc2ccccc2OC)cc1. The van der Waals surface area contributed by atoms with Crippen LogP contribution in [0.4, 0.5) is 0 Å². The number of benzene rings is 2. The standard InChI is InChI=1S/C16H19NO2/c1-18-15-9-7-13(8-10-15)11-17-12-14-5-3-4-6-16(14)19-2/h3-10,17H,11-12H2,1-2H3/p+1. The molecule has 0 aliphatic heterocycles. The lowest BCUT2D eigenvalue weighted by Crippen LogP contribution is -2.80. The molecule has 19 heavy (non-hydrogen) atoms. The van der Waals surface area contributed by atoms with E-state index < -0.39 is 0 Å². The van der Waals surface area contributed by atoms with Crippen LogP contribution in [-0.4, -0.2) is 14.2 Å². The smallest absolute Gasteiger partial charge is 0.127 e. The number of hydrogen-bond donors (Lipinski definition) is 1. The van der Waals surface area contributed by atoms with Gasteiger partial charge in [-0.2, -0.15) is 0 Å². The largest absolute Gasteiger partial charge is 0.497 e. The van der Waals surface area contributed by atoms with Gasteiger partial charge in [-0.15, -0.1) is 0 Å². The average molecular weight is 258 g/mol. The summed E-state index contributed by atoms with van der Waals surface area (Å²) in [4.78, 5) is 0. The Morgan fingerprint density at radius 2 is 1.58 bits per heavy atom. The predicted molar refractivity (Wildman–Crippen MR) is 75.3 cm³/mol. The fourth-order valence-corrected chi connectivity index (χ4v) is 2.03. The van der Waals surface area contributed by atoms with Crippen LogP contribution in [0.15, 0.2) is 48.5 Å². The second-order valence-corrected chi connectivity index (χ2v) is 4.36. The molecule has 2 aromatic rings. The van der Waals surface area contributed by atoms with Gasteiger partial charge in [0.05, 0.1) is 14.2 Å². The van der Waals surface area contributed by atoms with Gasteiger partial charge in [-0.25, -0.2) is 0 Å². The summed E-state index contributed by atoms with van der Waals surface area (Å²) in [5.41, 5.74) is 2.51. The molecule has 0 saturated heterocycles. The third-order valence-corrected chi connectivity index (χ3v) is 3.10. The quantitative estimate of drug-likeness (QED) is 0.859. The fourth-order valence-electron chi connectivity index (χ4n) is 2.03. The zero-order valence-corrected chi connectivity index (χ0v) is 11.4. The molecule has 2 rings (SSSR count). The maximum atomic E-state index is 5.34. The van der Waals surface area contributed by atoms with E-state index in [2.05, 4.69) is 23.5 Å². The van der Waals surface area contributed by atoms with Crippen molar-refractivity contribution in [2.24, 2.45) is 0 Å². The molecule has 3 nitrogen and oxygen atoms in total. The fraction of sp³-hybridized carbons (Fsp3) is 0.250. The minimum Gasteiger partial charge on any atom is -0.497 e. The Bertz CT molecular complexity index is 508. The van der Waals surface area contributed by atoms with Crippen molar-refractivity contribution in [2.75, 3.05) is 14.2 Å². The first-order valence-corrected chi connectivity index (χ1v) is 6.40. The van der Waals surface area contributed by atoms with Crippen molar-refractivity contribution in [3.05, 3.63) is 59.7 Å². The Balaban J connectivity index is 1.88. The lowest BCUT2D eigenvalue weighted by molar-refractivity contribution is -0.686. The van der Waals surface area contributed by atoms with Crippen LogP contribution in [0.5, 0.6) is 11.5 Å². The van der Waals surface area contributed by atoms with E-state index in [0.29, 0.717) is 0 Å². The molecule has 0 radical (unpaired) electrons. The number of quaternary nitrogens is 1. The molecule has 0 bridgehead atoms. The molecule has 0 aliphatic rings. The Hall–Kier alpha value is -2.00. The van der Waals surface area contributed by atoms with Gasteiger partial charge in [-0.1, -0.05) is 12.1 Å². The first-order chi connectivity index (χ1) is 9.33. The first kappa shape index (κ1) is 13.4. The van der Waals surface area contributed by atoms with Gasteiger partial charge in [0.15, 0.2) is 0 Å². The highest BCUT2D eigenvalue weighted by Gasteiger charge is 2.03. The molecular formula is C16H20NO2+. The average Bonchev–Trinajstić information content (AvgIpc) is 2.48. The molecule has 0 atom stereocenters. The predicted octanol–water partition coefficient (Wildman–Crippen LogP) is 1.97. The van der Waals surface area contributed by atoms with Gasteiger partial charge in [0, 0.05) is 11.1 Å². The van der Waals surface area contributed by atoms with Gasteiger partial charge in [0.25, 0.3) is 0 Å². The van der Waals surface area contributed by atoms with Crippen molar-refractivity contribution >= 4 is 0 Å². The minimum atomic E-state index is 0.897. The normalized spacial score (nSPS) is 10.2. The summed E-state index contributed by atoms with van der Waals surface area (Å²) in [5, 5.41) is 2.26. The van der Waals surface area contributed by atoms with Gasteiger partial charge in [-0.3, -0.25) is 0 Å². The topological polar surface area (TPSA) is 35.1 Å². The molecule has 0 aromatic heterocycles. The van der Waals surface area contributed by atoms with Crippen molar-refractivity contribution in [3.8, 4) is 11.5 Å². The summed E-state index contributed by atoms with van der Waals surface area (Å²) < 4.78 is 10.5. The zero-order valence-electron chi connectivity index (χ0n) is 11.4. The van der Waals surface area contributed by atoms with Gasteiger partial charge >= 0.3 is 0 Å². The zero-order chi connectivity index (χ0) is 13.5. The Labute approximate surface area is 114 Å². The van der Waals surface area contributed by atoms with Crippen LogP contribution in [0.25, 0.3) is 0 Å². The number of rotatable bonds is 6. The molecule has 0 heterocycles. The molecule has 0 unspecified atom stereocenters. The van der Waals surface area contributed by atoms with Gasteiger partial charge in [0.1, 0.15) is 24.6 Å². The molecule has 2 N–H and O–H groups in total. The first-order valence-electron chi connectivity index (χ1n) is 6.40. The number of methoxy groups -OCH3 is 2. The van der Waals surface area contributed by atoms with Crippen molar-refractivity contribution in [1.82, 2.24) is 0 Å². The van der Waals surface area contributed by atoms with Crippen LogP contribution < -0.4 is 14.8 Å². The third kappa shape index (κ3) is 3.73. The highest BCUT2D eigenvalue weighted by molar-refractivity contribution is 5.32. The Morgan fingerprint density at radius 1 is 0.842 bits per heavy atom. The molecule has 3 heteroatoms. The molecule has 0 spiro atoms. The van der Waals surface area contributed by atoms with E-state index in [1.54, 1.807) is 14.2 Å². The third-order valence-electron chi connectivity index (χ3n) is 3.10. The monoisotopic (exact) mass is 258 g/mol. The molecule has 100 valence electrons. The summed E-state index contributed by atoms with van der Waals surface area (Å²) >= 11 is 0. The number of nitrogens with two attached hydrogens (primary N) is 1. The highest BCUT2D eigenvalue weighted by Crippen LogP contribution is 2.15. The molecule has 0 amide bonds. The Kier molecular flexibility index (Phi) is 4.81. The van der Waals surface area contributed by atoms with Crippen molar-refractivity contribution in [2.45, 2.75) is 13.1 Å². The summed E-state index contributed by atoms with van der Waals surface area (Å²) in [6.45, 7) is 1.86. The van der Waals surface area contributed by atoms with Crippen LogP contribution in [0.1, 0.15) is 11.1 Å². The lowest BCUT2D eigenvalue weighted by atomic mass is 10.2. The second kappa shape index (κ2) is 6.81. The van der Waals surface area contributed by atoms with Crippen LogP contribution in [-0.2, 0) is 13.1 Å². The molecular weight excluding hydrogens is 238 g/mol. The Morgan fingerprint density at radius 3 is 2.26 bits per heavy atom. The maximum Gasteiger partial charge on any atom is 0.127 e. The van der Waals surface area contributed by atoms with Crippen LogP contribution in [0, 0.1) is 0 Å². The van der Waals surface area contributed by atoms with E-state index >= 15 is 0 Å². The van der Waals surface area contributed by atoms with E-state index in [1.807, 2.05) is 30.3 Å². The molecule has 0 saturated carbocycles. The van der Waals surface area contributed by atoms with Crippen LogP contribution >= 0.6 is 0 Å². The van der Waals surface area contributed by atoms with Gasteiger partial charge in [-0.05, 0) is 36.4 Å². The van der Waals surface area contributed by atoms with E-state index in [9.17, 15) is 0 Å². The van der Waals surface area contributed by atoms with Gasteiger partial charge < -0.3 is 14.8 Å². The number of ether oxygens (including phenoxy) is 2. The summed E-state index contributed by atoms with van der Waals surface area (Å²) in [6.07, 6.45) is 0. The van der Waals surface area contributed by atoms with E-state index in [1.165, 1.54) is 11.1 Å². The molecule has 0 aliphatic carbocycles. The van der Waals surface area contributed by atoms with Crippen LogP contribution in [0.3, 0.4) is 0 Å². The van der Waals surface area contributed by atoms with E-state index in [0.717, 1.165) is 24.6 Å². The molecule has 0 fully saturated rings. The van der Waals surface area contributed by atoms with Gasteiger partial charge in [0.2, 0.25) is 0 Å². The summed E-state index contributed by atoms with van der Waals surface area (Å²) in [7, 11) is 3.39. The van der Waals surface area contributed by atoms with Crippen molar-refractivity contribution in [1.29, 1.82) is 0 Å². The number of hydrogen-bond acceptors (Lipinski definition) is 2. The van der Waals surface area contributed by atoms with Crippen LogP contribution in [0.2, 0.25) is 0 Å². The number of para-hydroxylation sites is 1. The van der Waals surface area contributed by atoms with Crippen molar-refractivity contribution in [3.63, 3.8) is 0 Å². The van der Waals surface area contributed by atoms with E-state index in [-0.39, 0.29) is 0 Å². The minimum absolute atomic E-state index is 0.897. The molecule has 2 aromatic carbocycles. The second-order valence-electron chi connectivity index (χ2n) is 4.36. The van der Waals surface area contributed by atoms with E-state index in [4.69, 9.17) is 9.47 Å².